The highest BCUT2D eigenvalue weighted by Crippen LogP contribution is 2.14. The lowest BCUT2D eigenvalue weighted by atomic mass is 10.0. The van der Waals surface area contributed by atoms with E-state index in [2.05, 4.69) is 20.3 Å². The summed E-state index contributed by atoms with van der Waals surface area (Å²) in [5.74, 6) is -2.00. The van der Waals surface area contributed by atoms with Crippen molar-refractivity contribution in [1.29, 1.82) is 0 Å². The molecule has 2 amide bonds. The van der Waals surface area contributed by atoms with E-state index in [0.29, 0.717) is 17.1 Å². The predicted molar refractivity (Wildman–Crippen MR) is 99.5 cm³/mol. The smallest absolute Gasteiger partial charge is 0.287 e. The third kappa shape index (κ3) is 4.09. The first-order valence-electron chi connectivity index (χ1n) is 8.45. The number of rotatable bonds is 7. The Labute approximate surface area is 160 Å². The molecule has 3 aromatic heterocycles. The van der Waals surface area contributed by atoms with Gasteiger partial charge in [-0.15, -0.1) is 0 Å². The monoisotopic (exact) mass is 378 g/mol. The van der Waals surface area contributed by atoms with Gasteiger partial charge in [0.2, 0.25) is 5.78 Å². The molecule has 142 valence electrons. The lowest BCUT2D eigenvalue weighted by Crippen LogP contribution is -2.47. The number of primary amides is 1. The number of nitrogens with two attached hydrogens (primary N) is 1. The van der Waals surface area contributed by atoms with E-state index in [4.69, 9.17) is 5.73 Å². The first-order chi connectivity index (χ1) is 13.5. The highest BCUT2D eigenvalue weighted by atomic mass is 16.2. The molecule has 0 saturated heterocycles. The minimum Gasteiger partial charge on any atom is -0.363 e. The third-order valence-electron chi connectivity index (χ3n) is 4.10. The molecule has 3 rings (SSSR count). The van der Waals surface area contributed by atoms with Gasteiger partial charge in [0.05, 0.1) is 18.1 Å². The molecule has 0 fully saturated rings. The van der Waals surface area contributed by atoms with Crippen LogP contribution < -0.4 is 11.1 Å². The van der Waals surface area contributed by atoms with Crippen molar-refractivity contribution >= 4 is 17.6 Å². The number of pyridine rings is 2. The van der Waals surface area contributed by atoms with Crippen LogP contribution in [-0.2, 0) is 16.0 Å². The fourth-order valence-corrected chi connectivity index (χ4v) is 2.78. The maximum Gasteiger partial charge on any atom is 0.287 e. The molecule has 0 aliphatic carbocycles. The Hall–Kier alpha value is -3.88. The van der Waals surface area contributed by atoms with Crippen LogP contribution in [0.1, 0.15) is 21.9 Å². The third-order valence-corrected chi connectivity index (χ3v) is 4.10. The van der Waals surface area contributed by atoms with Crippen molar-refractivity contribution in [1.82, 2.24) is 24.8 Å². The summed E-state index contributed by atoms with van der Waals surface area (Å²) in [4.78, 5) is 48.7. The minimum absolute atomic E-state index is 0.0847. The molecule has 0 saturated carbocycles. The molecule has 9 nitrogen and oxygen atoms in total. The molecule has 0 aliphatic rings. The van der Waals surface area contributed by atoms with Gasteiger partial charge in [-0.3, -0.25) is 28.9 Å². The zero-order valence-corrected chi connectivity index (χ0v) is 15.1. The molecule has 0 aliphatic heterocycles. The van der Waals surface area contributed by atoms with Crippen LogP contribution in [0.3, 0.4) is 0 Å². The summed E-state index contributed by atoms with van der Waals surface area (Å²) in [5.41, 5.74) is 6.68. The maximum absolute atomic E-state index is 12.9. The molecular formula is C19H18N6O3. The molecule has 1 atom stereocenters. The van der Waals surface area contributed by atoms with Crippen LogP contribution in [-0.4, -0.2) is 43.2 Å². The van der Waals surface area contributed by atoms with Crippen LogP contribution in [0.4, 0.5) is 0 Å². The fourth-order valence-electron chi connectivity index (χ4n) is 2.78. The Morgan fingerprint density at radius 3 is 2.43 bits per heavy atom. The Bertz CT molecular complexity index is 1000. The van der Waals surface area contributed by atoms with Crippen molar-refractivity contribution in [2.45, 2.75) is 19.4 Å². The summed E-state index contributed by atoms with van der Waals surface area (Å²) < 4.78 is 1.61. The van der Waals surface area contributed by atoms with Gasteiger partial charge in [0.25, 0.3) is 11.8 Å². The SMILES string of the molecule is Cc1ncc(C(=O)NC(Cc2cccnc2)C(=O)C(N)=O)n1-c1cccnc1. The number of aryl methyl sites for hydroxylation is 1. The number of ketones is 1. The van der Waals surface area contributed by atoms with Crippen molar-refractivity contribution < 1.29 is 14.4 Å². The summed E-state index contributed by atoms with van der Waals surface area (Å²) in [7, 11) is 0. The summed E-state index contributed by atoms with van der Waals surface area (Å²) in [6.07, 6.45) is 7.83. The Balaban J connectivity index is 1.89. The highest BCUT2D eigenvalue weighted by molar-refractivity contribution is 6.38. The minimum atomic E-state index is -1.12. The van der Waals surface area contributed by atoms with Crippen LogP contribution in [0.5, 0.6) is 0 Å². The molecule has 0 aromatic carbocycles. The fraction of sp³-hybridized carbons (Fsp3) is 0.158. The van der Waals surface area contributed by atoms with E-state index in [9.17, 15) is 14.4 Å². The number of hydrogen-bond acceptors (Lipinski definition) is 6. The van der Waals surface area contributed by atoms with E-state index in [1.54, 1.807) is 60.5 Å². The topological polar surface area (TPSA) is 133 Å². The Kier molecular flexibility index (Phi) is 5.54. The molecule has 0 radical (unpaired) electrons. The van der Waals surface area contributed by atoms with Gasteiger partial charge in [0.1, 0.15) is 17.6 Å². The largest absolute Gasteiger partial charge is 0.363 e. The second kappa shape index (κ2) is 8.21. The Morgan fingerprint density at radius 1 is 1.11 bits per heavy atom. The van der Waals surface area contributed by atoms with Crippen molar-refractivity contribution in [3.05, 3.63) is 72.3 Å². The number of amides is 2. The number of carbonyl (C=O) groups is 3. The summed E-state index contributed by atoms with van der Waals surface area (Å²) in [5, 5.41) is 2.59. The van der Waals surface area contributed by atoms with E-state index < -0.39 is 23.6 Å². The normalized spacial score (nSPS) is 11.6. The molecular weight excluding hydrogens is 360 g/mol. The number of aromatic nitrogens is 4. The lowest BCUT2D eigenvalue weighted by Gasteiger charge is -2.17. The molecule has 3 aromatic rings. The average Bonchev–Trinajstić information content (AvgIpc) is 3.09. The number of Topliss-reactive ketones (excluding diaryl/α,β-unsaturated/α-hetero) is 1. The number of hydrogen-bond donors (Lipinski definition) is 2. The first-order valence-corrected chi connectivity index (χ1v) is 8.45. The number of nitrogens with zero attached hydrogens (tertiary/aromatic N) is 4. The van der Waals surface area contributed by atoms with E-state index in [1.807, 2.05) is 0 Å². The van der Waals surface area contributed by atoms with Crippen LogP contribution >= 0.6 is 0 Å². The first kappa shape index (κ1) is 18.9. The second-order valence-corrected chi connectivity index (χ2v) is 6.06. The molecule has 0 bridgehead atoms. The standard InChI is InChI=1S/C19H18N6O3/c1-12-23-11-16(25(12)14-5-3-7-22-10-14)19(28)24-15(17(26)18(20)27)8-13-4-2-6-21-9-13/h2-7,9-11,15H,8H2,1H3,(H2,20,27)(H,24,28). The number of carbonyl (C=O) groups excluding carboxylic acids is 3. The summed E-state index contributed by atoms with van der Waals surface area (Å²) in [6, 6.07) is 5.83. The van der Waals surface area contributed by atoms with E-state index in [1.165, 1.54) is 6.20 Å². The van der Waals surface area contributed by atoms with Gasteiger partial charge in [-0.25, -0.2) is 4.98 Å². The number of imidazole rings is 1. The van der Waals surface area contributed by atoms with Gasteiger partial charge in [-0.2, -0.15) is 0 Å². The summed E-state index contributed by atoms with van der Waals surface area (Å²) >= 11 is 0. The van der Waals surface area contributed by atoms with E-state index in [0.717, 1.165) is 0 Å². The molecule has 9 heteroatoms. The summed E-state index contributed by atoms with van der Waals surface area (Å²) in [6.45, 7) is 1.74. The molecule has 3 N–H and O–H groups in total. The van der Waals surface area contributed by atoms with Crippen LogP contribution in [0.2, 0.25) is 0 Å². The van der Waals surface area contributed by atoms with Crippen molar-refractivity contribution in [3.8, 4) is 5.69 Å². The zero-order chi connectivity index (χ0) is 20.1. The Morgan fingerprint density at radius 2 is 1.82 bits per heavy atom. The average molecular weight is 378 g/mol. The van der Waals surface area contributed by atoms with Crippen molar-refractivity contribution in [2.24, 2.45) is 5.73 Å². The van der Waals surface area contributed by atoms with Gasteiger partial charge >= 0.3 is 0 Å². The zero-order valence-electron chi connectivity index (χ0n) is 15.1. The van der Waals surface area contributed by atoms with Crippen LogP contribution in [0.15, 0.2) is 55.2 Å². The van der Waals surface area contributed by atoms with Crippen molar-refractivity contribution in [3.63, 3.8) is 0 Å². The van der Waals surface area contributed by atoms with E-state index >= 15 is 0 Å². The molecule has 3 heterocycles. The van der Waals surface area contributed by atoms with E-state index in [-0.39, 0.29) is 12.1 Å². The van der Waals surface area contributed by atoms with Gasteiger partial charge in [-0.05, 0) is 30.7 Å². The molecule has 0 spiro atoms. The van der Waals surface area contributed by atoms with Gasteiger partial charge in [0, 0.05) is 25.0 Å². The van der Waals surface area contributed by atoms with Crippen molar-refractivity contribution in [2.75, 3.05) is 0 Å². The van der Waals surface area contributed by atoms with Crippen LogP contribution in [0.25, 0.3) is 5.69 Å². The quantitative estimate of drug-likeness (QED) is 0.571. The van der Waals surface area contributed by atoms with Gasteiger partial charge < -0.3 is 11.1 Å². The van der Waals surface area contributed by atoms with Gasteiger partial charge in [-0.1, -0.05) is 6.07 Å². The number of nitrogens with one attached hydrogen (secondary N) is 1. The highest BCUT2D eigenvalue weighted by Gasteiger charge is 2.27. The van der Waals surface area contributed by atoms with Gasteiger partial charge in [0.15, 0.2) is 0 Å². The molecule has 1 unspecified atom stereocenters. The molecule has 28 heavy (non-hydrogen) atoms. The predicted octanol–water partition coefficient (Wildman–Crippen LogP) is 0.366. The second-order valence-electron chi connectivity index (χ2n) is 6.06. The maximum atomic E-state index is 12.9. The van der Waals surface area contributed by atoms with Crippen LogP contribution in [0, 0.1) is 6.92 Å². The lowest BCUT2D eigenvalue weighted by molar-refractivity contribution is -0.137.